The zero-order valence-corrected chi connectivity index (χ0v) is 15.6. The quantitative estimate of drug-likeness (QED) is 0.518. The van der Waals surface area contributed by atoms with Gasteiger partial charge in [0, 0.05) is 11.1 Å². The second-order valence-corrected chi connectivity index (χ2v) is 6.46. The van der Waals surface area contributed by atoms with E-state index in [0.717, 1.165) is 23.2 Å². The number of nitrogens with one attached hydrogen (secondary N) is 1. The number of para-hydroxylation sites is 2. The van der Waals surface area contributed by atoms with Gasteiger partial charge in [0.1, 0.15) is 11.1 Å². The van der Waals surface area contributed by atoms with Crippen LogP contribution in [0.3, 0.4) is 0 Å². The molecule has 0 aliphatic rings. The lowest BCUT2D eigenvalue weighted by atomic mass is 10.1. The third-order valence-corrected chi connectivity index (χ3v) is 4.51. The Morgan fingerprint density at radius 2 is 1.64 bits per heavy atom. The predicted octanol–water partition coefficient (Wildman–Crippen LogP) is 5.48. The lowest BCUT2D eigenvalue weighted by Gasteiger charge is -2.07. The van der Waals surface area contributed by atoms with Gasteiger partial charge in [0.2, 0.25) is 5.55 Å². The Morgan fingerprint density at radius 3 is 2.39 bits per heavy atom. The van der Waals surface area contributed by atoms with Crippen LogP contribution in [0, 0.1) is 0 Å². The van der Waals surface area contributed by atoms with E-state index in [9.17, 15) is 4.79 Å². The summed E-state index contributed by atoms with van der Waals surface area (Å²) >= 11 is 0. The monoisotopic (exact) mass is 368 g/mol. The smallest absolute Gasteiger partial charge is 0.261 e. The third kappa shape index (κ3) is 3.86. The average molecular weight is 368 g/mol. The van der Waals surface area contributed by atoms with Crippen molar-refractivity contribution in [2.45, 2.75) is 13.3 Å². The SMILES string of the molecule is CCc1ccc(N=c2oc3ccccc3cc2C(=O)Nc2ccccc2)cc1. The number of nitrogens with zero attached hydrogens (tertiary/aromatic N) is 1. The maximum Gasteiger partial charge on any atom is 0.261 e. The first kappa shape index (κ1) is 17.7. The van der Waals surface area contributed by atoms with Gasteiger partial charge in [0.25, 0.3) is 5.91 Å². The molecule has 0 unspecified atom stereocenters. The van der Waals surface area contributed by atoms with Crippen molar-refractivity contribution in [1.82, 2.24) is 0 Å². The Bertz CT molecular complexity index is 1180. The first-order valence-corrected chi connectivity index (χ1v) is 9.26. The van der Waals surface area contributed by atoms with E-state index < -0.39 is 0 Å². The van der Waals surface area contributed by atoms with Gasteiger partial charge in [-0.05, 0) is 48.4 Å². The molecule has 0 spiro atoms. The van der Waals surface area contributed by atoms with E-state index in [1.807, 2.05) is 84.9 Å². The standard InChI is InChI=1S/C24H20N2O2/c1-2-17-12-14-20(15-13-17)26-24-21(16-18-8-6-7-11-22(18)28-24)23(27)25-19-9-4-3-5-10-19/h3-16H,2H2,1H3,(H,25,27). The summed E-state index contributed by atoms with van der Waals surface area (Å²) in [4.78, 5) is 17.5. The van der Waals surface area contributed by atoms with Gasteiger partial charge in [0.05, 0.1) is 5.69 Å². The molecular formula is C24H20N2O2. The van der Waals surface area contributed by atoms with Crippen molar-refractivity contribution in [3.63, 3.8) is 0 Å². The molecule has 0 bridgehead atoms. The number of rotatable bonds is 4. The number of hydrogen-bond acceptors (Lipinski definition) is 3. The van der Waals surface area contributed by atoms with Gasteiger partial charge in [-0.3, -0.25) is 4.79 Å². The van der Waals surface area contributed by atoms with Crippen LogP contribution in [0.1, 0.15) is 22.8 Å². The Labute approximate surface area is 163 Å². The van der Waals surface area contributed by atoms with Gasteiger partial charge in [-0.2, -0.15) is 0 Å². The molecule has 0 aliphatic heterocycles. The third-order valence-electron chi connectivity index (χ3n) is 4.51. The number of anilines is 1. The Morgan fingerprint density at radius 1 is 0.929 bits per heavy atom. The van der Waals surface area contributed by atoms with Crippen LogP contribution in [-0.4, -0.2) is 5.91 Å². The largest absolute Gasteiger partial charge is 0.438 e. The van der Waals surface area contributed by atoms with Crippen molar-refractivity contribution in [1.29, 1.82) is 0 Å². The van der Waals surface area contributed by atoms with E-state index in [0.29, 0.717) is 11.1 Å². The fourth-order valence-corrected chi connectivity index (χ4v) is 2.96. The molecule has 138 valence electrons. The predicted molar refractivity (Wildman–Crippen MR) is 112 cm³/mol. The molecule has 4 rings (SSSR count). The van der Waals surface area contributed by atoms with Gasteiger partial charge in [-0.15, -0.1) is 0 Å². The van der Waals surface area contributed by atoms with E-state index in [1.54, 1.807) is 0 Å². The number of amides is 1. The summed E-state index contributed by atoms with van der Waals surface area (Å²) in [5.74, 6) is -0.260. The zero-order chi connectivity index (χ0) is 19.3. The lowest BCUT2D eigenvalue weighted by molar-refractivity contribution is 0.102. The van der Waals surface area contributed by atoms with Crippen molar-refractivity contribution >= 4 is 28.3 Å². The molecule has 0 atom stereocenters. The van der Waals surface area contributed by atoms with Crippen LogP contribution in [0.25, 0.3) is 11.0 Å². The summed E-state index contributed by atoms with van der Waals surface area (Å²) in [6, 6.07) is 26.7. The topological polar surface area (TPSA) is 54.6 Å². The first-order chi connectivity index (χ1) is 13.7. The molecule has 0 saturated heterocycles. The van der Waals surface area contributed by atoms with Crippen molar-refractivity contribution in [3.05, 3.63) is 102 Å². The second-order valence-electron chi connectivity index (χ2n) is 6.46. The van der Waals surface area contributed by atoms with Crippen LogP contribution < -0.4 is 10.9 Å². The van der Waals surface area contributed by atoms with Crippen LogP contribution in [0.4, 0.5) is 11.4 Å². The molecule has 3 aromatic carbocycles. The fraction of sp³-hybridized carbons (Fsp3) is 0.0833. The normalized spacial score (nSPS) is 11.5. The van der Waals surface area contributed by atoms with E-state index in [-0.39, 0.29) is 11.5 Å². The minimum atomic E-state index is -0.260. The molecule has 1 aromatic heterocycles. The lowest BCUT2D eigenvalue weighted by Crippen LogP contribution is -2.21. The summed E-state index contributed by atoms with van der Waals surface area (Å²) in [6.07, 6.45) is 0.964. The molecule has 0 fully saturated rings. The fourth-order valence-electron chi connectivity index (χ4n) is 2.96. The molecule has 4 nitrogen and oxygen atoms in total. The van der Waals surface area contributed by atoms with Crippen molar-refractivity contribution in [2.24, 2.45) is 4.99 Å². The summed E-state index contributed by atoms with van der Waals surface area (Å²) in [5, 5.41) is 3.76. The van der Waals surface area contributed by atoms with Gasteiger partial charge in [-0.25, -0.2) is 4.99 Å². The van der Waals surface area contributed by atoms with Crippen LogP contribution in [-0.2, 0) is 6.42 Å². The average Bonchev–Trinajstić information content (AvgIpc) is 2.74. The van der Waals surface area contributed by atoms with Crippen LogP contribution in [0.15, 0.2) is 94.3 Å². The zero-order valence-electron chi connectivity index (χ0n) is 15.6. The van der Waals surface area contributed by atoms with Gasteiger partial charge < -0.3 is 9.73 Å². The van der Waals surface area contributed by atoms with E-state index >= 15 is 0 Å². The van der Waals surface area contributed by atoms with Crippen molar-refractivity contribution in [2.75, 3.05) is 5.32 Å². The molecule has 0 saturated carbocycles. The van der Waals surface area contributed by atoms with Gasteiger partial charge in [0.15, 0.2) is 0 Å². The van der Waals surface area contributed by atoms with Gasteiger partial charge >= 0.3 is 0 Å². The Kier molecular flexibility index (Phi) is 5.02. The molecule has 28 heavy (non-hydrogen) atoms. The number of hydrogen-bond donors (Lipinski definition) is 1. The molecule has 1 amide bonds. The van der Waals surface area contributed by atoms with Gasteiger partial charge in [-0.1, -0.05) is 55.5 Å². The molecule has 1 N–H and O–H groups in total. The highest BCUT2D eigenvalue weighted by Gasteiger charge is 2.13. The minimum Gasteiger partial charge on any atom is -0.438 e. The van der Waals surface area contributed by atoms with E-state index in [1.165, 1.54) is 5.56 Å². The summed E-state index contributed by atoms with van der Waals surface area (Å²) in [6.45, 7) is 2.11. The number of carbonyl (C=O) groups is 1. The highest BCUT2D eigenvalue weighted by Crippen LogP contribution is 2.17. The highest BCUT2D eigenvalue weighted by atomic mass is 16.3. The number of benzene rings is 3. The molecule has 0 radical (unpaired) electrons. The van der Waals surface area contributed by atoms with E-state index in [2.05, 4.69) is 17.2 Å². The van der Waals surface area contributed by atoms with Crippen molar-refractivity contribution in [3.8, 4) is 0 Å². The van der Waals surface area contributed by atoms with Crippen molar-refractivity contribution < 1.29 is 9.21 Å². The second kappa shape index (κ2) is 7.92. The summed E-state index contributed by atoms with van der Waals surface area (Å²) in [5.41, 5.74) is 4.06. The molecule has 4 aromatic rings. The van der Waals surface area contributed by atoms with E-state index in [4.69, 9.17) is 4.42 Å². The van der Waals surface area contributed by atoms with Crippen LogP contribution >= 0.6 is 0 Å². The molecule has 0 aliphatic carbocycles. The molecule has 1 heterocycles. The highest BCUT2D eigenvalue weighted by molar-refractivity contribution is 6.05. The van der Waals surface area contributed by atoms with Crippen LogP contribution in [0.5, 0.6) is 0 Å². The summed E-state index contributed by atoms with van der Waals surface area (Å²) in [7, 11) is 0. The number of fused-ring (bicyclic) bond motifs is 1. The number of carbonyl (C=O) groups excluding carboxylic acids is 1. The van der Waals surface area contributed by atoms with Crippen LogP contribution in [0.2, 0.25) is 0 Å². The summed E-state index contributed by atoms with van der Waals surface area (Å²) < 4.78 is 5.98. The Balaban J connectivity index is 1.82. The molecular weight excluding hydrogens is 348 g/mol. The minimum absolute atomic E-state index is 0.260. The Hall–Kier alpha value is -3.66. The maximum atomic E-state index is 12.9. The number of aryl methyl sites for hydroxylation is 1. The maximum absolute atomic E-state index is 12.9. The molecule has 4 heteroatoms. The first-order valence-electron chi connectivity index (χ1n) is 9.26.